The van der Waals surface area contributed by atoms with Gasteiger partial charge in [0, 0.05) is 5.56 Å². The van der Waals surface area contributed by atoms with Crippen molar-refractivity contribution in [3.05, 3.63) is 53.0 Å². The summed E-state index contributed by atoms with van der Waals surface area (Å²) >= 11 is 0. The largest absolute Gasteiger partial charge is 0.469 e. The second-order valence-corrected chi connectivity index (χ2v) is 4.35. The number of rotatable bonds is 2. The molecule has 0 aliphatic carbocycles. The van der Waals surface area contributed by atoms with Gasteiger partial charge >= 0.3 is 6.18 Å². The summed E-state index contributed by atoms with van der Waals surface area (Å²) in [5, 5.41) is 2.28. The maximum atomic E-state index is 12.8. The Morgan fingerprint density at radius 1 is 1.20 bits per heavy atom. The molecule has 0 aliphatic rings. The van der Waals surface area contributed by atoms with E-state index >= 15 is 0 Å². The molecule has 106 valence electrons. The average Bonchev–Trinajstić information content (AvgIpc) is 2.68. The first-order valence-electron chi connectivity index (χ1n) is 5.83. The lowest BCUT2D eigenvalue weighted by Crippen LogP contribution is -2.17. The number of halogens is 3. The Hall–Kier alpha value is -2.24. The molecule has 6 heteroatoms. The van der Waals surface area contributed by atoms with Gasteiger partial charge in [-0.25, -0.2) is 0 Å². The van der Waals surface area contributed by atoms with Crippen LogP contribution in [0.3, 0.4) is 0 Å². The fraction of sp³-hybridized carbons (Fsp3) is 0.214. The van der Waals surface area contributed by atoms with Gasteiger partial charge in [0.25, 0.3) is 5.91 Å². The van der Waals surface area contributed by atoms with E-state index in [1.165, 1.54) is 24.5 Å². The second kappa shape index (κ2) is 5.03. The molecule has 3 nitrogen and oxygen atoms in total. The fourth-order valence-electron chi connectivity index (χ4n) is 1.94. The molecule has 0 fully saturated rings. The third-order valence-corrected chi connectivity index (χ3v) is 2.87. The van der Waals surface area contributed by atoms with Crippen LogP contribution in [0.1, 0.15) is 27.2 Å². The number of aryl methyl sites for hydroxylation is 2. The molecule has 0 saturated heterocycles. The van der Waals surface area contributed by atoms with Gasteiger partial charge < -0.3 is 9.73 Å². The molecule has 0 radical (unpaired) electrons. The molecule has 0 saturated carbocycles. The highest BCUT2D eigenvalue weighted by atomic mass is 19.4. The van der Waals surface area contributed by atoms with Crippen molar-refractivity contribution in [2.45, 2.75) is 20.0 Å². The summed E-state index contributed by atoms with van der Waals surface area (Å²) in [6.07, 6.45) is -3.13. The number of hydrogen-bond donors (Lipinski definition) is 1. The Labute approximate surface area is 113 Å². The first-order valence-corrected chi connectivity index (χ1v) is 5.83. The van der Waals surface area contributed by atoms with Crippen LogP contribution in [0.2, 0.25) is 0 Å². The quantitative estimate of drug-likeness (QED) is 0.898. The molecule has 1 aromatic carbocycles. The van der Waals surface area contributed by atoms with Crippen molar-refractivity contribution in [2.75, 3.05) is 5.32 Å². The smallest absolute Gasteiger partial charge is 0.418 e. The van der Waals surface area contributed by atoms with Crippen LogP contribution < -0.4 is 5.32 Å². The number of amides is 1. The van der Waals surface area contributed by atoms with E-state index in [0.29, 0.717) is 11.3 Å². The van der Waals surface area contributed by atoms with Gasteiger partial charge in [-0.2, -0.15) is 13.2 Å². The predicted octanol–water partition coefficient (Wildman–Crippen LogP) is 4.17. The summed E-state index contributed by atoms with van der Waals surface area (Å²) in [5.74, 6) is -0.255. The normalized spacial score (nSPS) is 11.4. The highest BCUT2D eigenvalue weighted by molar-refractivity contribution is 6.06. The highest BCUT2D eigenvalue weighted by Gasteiger charge is 2.33. The van der Waals surface area contributed by atoms with Crippen molar-refractivity contribution in [2.24, 2.45) is 0 Å². The van der Waals surface area contributed by atoms with Crippen molar-refractivity contribution in [3.63, 3.8) is 0 Å². The predicted molar refractivity (Wildman–Crippen MR) is 67.6 cm³/mol. The van der Waals surface area contributed by atoms with Crippen molar-refractivity contribution in [1.82, 2.24) is 0 Å². The van der Waals surface area contributed by atoms with E-state index in [-0.39, 0.29) is 11.3 Å². The molecule has 2 rings (SSSR count). The summed E-state index contributed by atoms with van der Waals surface area (Å²) in [6.45, 7) is 3.23. The van der Waals surface area contributed by atoms with Crippen molar-refractivity contribution in [1.29, 1.82) is 0 Å². The molecule has 0 aliphatic heterocycles. The molecule has 2 aromatic rings. The zero-order valence-electron chi connectivity index (χ0n) is 10.8. The van der Waals surface area contributed by atoms with Crippen molar-refractivity contribution in [3.8, 4) is 0 Å². The summed E-state index contributed by atoms with van der Waals surface area (Å²) in [4.78, 5) is 12.1. The van der Waals surface area contributed by atoms with E-state index in [1.807, 2.05) is 0 Å². The van der Waals surface area contributed by atoms with E-state index in [4.69, 9.17) is 4.42 Å². The summed E-state index contributed by atoms with van der Waals surface area (Å²) < 4.78 is 43.6. The Balaban J connectivity index is 2.34. The number of furan rings is 1. The molecule has 0 unspecified atom stereocenters. The third-order valence-electron chi connectivity index (χ3n) is 2.87. The van der Waals surface area contributed by atoms with Crippen LogP contribution >= 0.6 is 0 Å². The van der Waals surface area contributed by atoms with Crippen LogP contribution in [-0.4, -0.2) is 5.91 Å². The minimum Gasteiger partial charge on any atom is -0.469 e. The standard InChI is InChI=1S/C14H12F3NO2/c1-8-7-20-9(2)12(8)13(19)18-11-6-4-3-5-10(11)14(15,16)17/h3-7H,1-2H3,(H,18,19). The fourth-order valence-corrected chi connectivity index (χ4v) is 1.94. The van der Waals surface area contributed by atoms with Gasteiger partial charge in [-0.3, -0.25) is 4.79 Å². The number of carbonyl (C=O) groups is 1. The molecule has 0 atom stereocenters. The molecular formula is C14H12F3NO2. The Morgan fingerprint density at radius 3 is 2.40 bits per heavy atom. The highest BCUT2D eigenvalue weighted by Crippen LogP contribution is 2.34. The molecule has 1 amide bonds. The Bertz CT molecular complexity index is 625. The second-order valence-electron chi connectivity index (χ2n) is 4.35. The van der Waals surface area contributed by atoms with E-state index < -0.39 is 17.6 Å². The number of nitrogens with one attached hydrogen (secondary N) is 1. The molecular weight excluding hydrogens is 271 g/mol. The van der Waals surface area contributed by atoms with Crippen molar-refractivity contribution < 1.29 is 22.4 Å². The zero-order chi connectivity index (χ0) is 14.9. The molecule has 1 aromatic heterocycles. The van der Waals surface area contributed by atoms with Gasteiger partial charge in [-0.15, -0.1) is 0 Å². The molecule has 0 spiro atoms. The first kappa shape index (κ1) is 14.2. The van der Waals surface area contributed by atoms with Crippen LogP contribution in [0, 0.1) is 13.8 Å². The zero-order valence-corrected chi connectivity index (χ0v) is 10.8. The minimum atomic E-state index is -4.52. The van der Waals surface area contributed by atoms with E-state index in [0.717, 1.165) is 6.07 Å². The van der Waals surface area contributed by atoms with Gasteiger partial charge in [0.2, 0.25) is 0 Å². The number of para-hydroxylation sites is 1. The lowest BCUT2D eigenvalue weighted by Gasteiger charge is -2.13. The van der Waals surface area contributed by atoms with Crippen LogP contribution in [0.4, 0.5) is 18.9 Å². The lowest BCUT2D eigenvalue weighted by atomic mass is 10.1. The molecule has 1 N–H and O–H groups in total. The lowest BCUT2D eigenvalue weighted by molar-refractivity contribution is -0.136. The van der Waals surface area contributed by atoms with Gasteiger partial charge in [0.05, 0.1) is 23.1 Å². The SMILES string of the molecule is Cc1coc(C)c1C(=O)Nc1ccccc1C(F)(F)F. The number of carbonyl (C=O) groups excluding carboxylic acids is 1. The molecule has 20 heavy (non-hydrogen) atoms. The van der Waals surface area contributed by atoms with Crippen LogP contribution in [0.15, 0.2) is 34.9 Å². The summed E-state index contributed by atoms with van der Waals surface area (Å²) in [6, 6.07) is 4.84. The summed E-state index contributed by atoms with van der Waals surface area (Å²) in [5.41, 5.74) is -0.330. The minimum absolute atomic E-state index is 0.252. The van der Waals surface area contributed by atoms with Gasteiger partial charge in [0.15, 0.2) is 0 Å². The monoisotopic (exact) mass is 283 g/mol. The number of alkyl halides is 3. The molecule has 0 bridgehead atoms. The van der Waals surface area contributed by atoms with Crippen molar-refractivity contribution >= 4 is 11.6 Å². The van der Waals surface area contributed by atoms with E-state index in [2.05, 4.69) is 5.32 Å². The number of benzene rings is 1. The van der Waals surface area contributed by atoms with E-state index in [9.17, 15) is 18.0 Å². The maximum Gasteiger partial charge on any atom is 0.418 e. The van der Waals surface area contributed by atoms with Gasteiger partial charge in [0.1, 0.15) is 5.76 Å². The first-order chi connectivity index (χ1) is 9.30. The topological polar surface area (TPSA) is 42.2 Å². The number of anilines is 1. The summed E-state index contributed by atoms with van der Waals surface area (Å²) in [7, 11) is 0. The van der Waals surface area contributed by atoms with Crippen LogP contribution in [0.25, 0.3) is 0 Å². The Morgan fingerprint density at radius 2 is 1.85 bits per heavy atom. The van der Waals surface area contributed by atoms with Crippen LogP contribution in [-0.2, 0) is 6.18 Å². The van der Waals surface area contributed by atoms with Gasteiger partial charge in [-0.05, 0) is 26.0 Å². The number of hydrogen-bond acceptors (Lipinski definition) is 2. The molecule has 1 heterocycles. The average molecular weight is 283 g/mol. The maximum absolute atomic E-state index is 12.8. The van der Waals surface area contributed by atoms with E-state index in [1.54, 1.807) is 13.8 Å². The Kier molecular flexibility index (Phi) is 3.57. The third kappa shape index (κ3) is 2.68. The van der Waals surface area contributed by atoms with Gasteiger partial charge in [-0.1, -0.05) is 12.1 Å². The van der Waals surface area contributed by atoms with Crippen LogP contribution in [0.5, 0.6) is 0 Å².